The zero-order valence-electron chi connectivity index (χ0n) is 15.7. The highest BCUT2D eigenvalue weighted by molar-refractivity contribution is 5.80. The van der Waals surface area contributed by atoms with Crippen LogP contribution in [0.3, 0.4) is 0 Å². The first-order valence-corrected chi connectivity index (χ1v) is 9.31. The first kappa shape index (κ1) is 17.4. The Labute approximate surface area is 158 Å². The maximum absolute atomic E-state index is 12.6. The Balaban J connectivity index is 1.36. The third-order valence-corrected chi connectivity index (χ3v) is 5.14. The van der Waals surface area contributed by atoms with E-state index in [1.807, 2.05) is 29.2 Å². The smallest absolute Gasteiger partial charge is 0.317 e. The molecule has 1 fully saturated rings. The van der Waals surface area contributed by atoms with Crippen LogP contribution in [-0.4, -0.2) is 41.8 Å². The lowest BCUT2D eigenvalue weighted by molar-refractivity contribution is 0.186. The number of nitrogens with zero attached hydrogens (tertiary/aromatic N) is 3. The molecule has 1 aromatic heterocycles. The number of carbonyl (C=O) groups excluding carboxylic acids is 1. The number of benzene rings is 2. The fourth-order valence-corrected chi connectivity index (χ4v) is 3.60. The zero-order valence-corrected chi connectivity index (χ0v) is 15.7. The van der Waals surface area contributed by atoms with E-state index in [2.05, 4.69) is 53.5 Å². The van der Waals surface area contributed by atoms with Crippen molar-refractivity contribution in [2.75, 3.05) is 24.5 Å². The van der Waals surface area contributed by atoms with Gasteiger partial charge in [-0.05, 0) is 38.1 Å². The normalized spacial score (nSPS) is 17.3. The highest BCUT2D eigenvalue weighted by Crippen LogP contribution is 2.21. The fourth-order valence-electron chi connectivity index (χ4n) is 3.60. The Morgan fingerprint density at radius 3 is 2.74 bits per heavy atom. The number of fused-ring (bicyclic) bond motifs is 1. The second-order valence-corrected chi connectivity index (χ2v) is 7.11. The summed E-state index contributed by atoms with van der Waals surface area (Å²) in [5, 5.41) is 7.99. The molecule has 2 amide bonds. The van der Waals surface area contributed by atoms with Crippen LogP contribution >= 0.6 is 0 Å². The second kappa shape index (κ2) is 7.31. The van der Waals surface area contributed by atoms with Gasteiger partial charge in [-0.3, -0.25) is 0 Å². The van der Waals surface area contributed by atoms with Crippen LogP contribution in [-0.2, 0) is 6.54 Å². The van der Waals surface area contributed by atoms with E-state index in [1.54, 1.807) is 0 Å². The minimum atomic E-state index is -0.0579. The van der Waals surface area contributed by atoms with Crippen LogP contribution in [0.5, 0.6) is 0 Å². The van der Waals surface area contributed by atoms with Crippen molar-refractivity contribution in [3.63, 3.8) is 0 Å². The standard InChI is InChI=1S/C21H24N4O2/c1-15-7-9-17(10-8-15)25-12-11-24(14-16(25)2)21(26)22-13-19-18-5-3-4-6-20(18)27-23-19/h3-10,16H,11-14H2,1-2H3,(H,22,26). The molecule has 6 heteroatoms. The Morgan fingerprint density at radius 1 is 1.19 bits per heavy atom. The molecule has 1 atom stereocenters. The van der Waals surface area contributed by atoms with Crippen molar-refractivity contribution < 1.29 is 9.32 Å². The largest absolute Gasteiger partial charge is 0.365 e. The van der Waals surface area contributed by atoms with Crippen LogP contribution in [0.15, 0.2) is 53.1 Å². The van der Waals surface area contributed by atoms with Gasteiger partial charge in [-0.2, -0.15) is 0 Å². The van der Waals surface area contributed by atoms with E-state index in [0.717, 1.165) is 23.2 Å². The van der Waals surface area contributed by atoms with Gasteiger partial charge < -0.3 is 19.6 Å². The molecule has 1 saturated heterocycles. The summed E-state index contributed by atoms with van der Waals surface area (Å²) in [5.41, 5.74) is 3.96. The monoisotopic (exact) mass is 364 g/mol. The summed E-state index contributed by atoms with van der Waals surface area (Å²) < 4.78 is 5.29. The van der Waals surface area contributed by atoms with E-state index in [-0.39, 0.29) is 12.1 Å². The van der Waals surface area contributed by atoms with Gasteiger partial charge in [0.2, 0.25) is 0 Å². The Kier molecular flexibility index (Phi) is 4.71. The van der Waals surface area contributed by atoms with Crippen molar-refractivity contribution in [1.82, 2.24) is 15.4 Å². The molecule has 3 aromatic rings. The maximum Gasteiger partial charge on any atom is 0.317 e. The minimum absolute atomic E-state index is 0.0579. The first-order valence-electron chi connectivity index (χ1n) is 9.31. The number of para-hydroxylation sites is 1. The summed E-state index contributed by atoms with van der Waals surface area (Å²) in [5.74, 6) is 0. The van der Waals surface area contributed by atoms with E-state index >= 15 is 0 Å². The lowest BCUT2D eigenvalue weighted by atomic mass is 10.1. The summed E-state index contributed by atoms with van der Waals surface area (Å²) in [6, 6.07) is 16.4. The molecule has 140 valence electrons. The summed E-state index contributed by atoms with van der Waals surface area (Å²) in [7, 11) is 0. The molecule has 1 unspecified atom stereocenters. The topological polar surface area (TPSA) is 61.6 Å². The number of rotatable bonds is 3. The number of aromatic nitrogens is 1. The van der Waals surface area contributed by atoms with Gasteiger partial charge in [0.1, 0.15) is 5.69 Å². The van der Waals surface area contributed by atoms with Crippen molar-refractivity contribution in [1.29, 1.82) is 0 Å². The molecular weight excluding hydrogens is 340 g/mol. The van der Waals surface area contributed by atoms with E-state index in [4.69, 9.17) is 4.52 Å². The van der Waals surface area contributed by atoms with Crippen LogP contribution in [0.25, 0.3) is 11.0 Å². The molecule has 6 nitrogen and oxygen atoms in total. The van der Waals surface area contributed by atoms with E-state index in [1.165, 1.54) is 11.3 Å². The average molecular weight is 364 g/mol. The molecule has 27 heavy (non-hydrogen) atoms. The van der Waals surface area contributed by atoms with Crippen molar-refractivity contribution in [3.05, 3.63) is 59.8 Å². The molecular formula is C21H24N4O2. The second-order valence-electron chi connectivity index (χ2n) is 7.11. The number of hydrogen-bond donors (Lipinski definition) is 1. The van der Waals surface area contributed by atoms with Crippen LogP contribution in [0.2, 0.25) is 0 Å². The molecule has 0 radical (unpaired) electrons. The molecule has 0 spiro atoms. The number of amides is 2. The number of carbonyl (C=O) groups is 1. The summed E-state index contributed by atoms with van der Waals surface area (Å²) in [4.78, 5) is 16.8. The van der Waals surface area contributed by atoms with Crippen LogP contribution in [0.1, 0.15) is 18.2 Å². The highest BCUT2D eigenvalue weighted by atomic mass is 16.5. The average Bonchev–Trinajstić information content (AvgIpc) is 3.10. The molecule has 0 saturated carbocycles. The van der Waals surface area contributed by atoms with Gasteiger partial charge in [0.15, 0.2) is 5.58 Å². The Bertz CT molecular complexity index is 935. The number of piperazine rings is 1. The lowest BCUT2D eigenvalue weighted by Crippen LogP contribution is -2.55. The van der Waals surface area contributed by atoms with E-state index in [0.29, 0.717) is 19.6 Å². The predicted octanol–water partition coefficient (Wildman–Crippen LogP) is 3.56. The van der Waals surface area contributed by atoms with Gasteiger partial charge in [0, 0.05) is 36.7 Å². The van der Waals surface area contributed by atoms with Gasteiger partial charge in [-0.1, -0.05) is 35.0 Å². The van der Waals surface area contributed by atoms with Crippen molar-refractivity contribution in [2.45, 2.75) is 26.4 Å². The Hall–Kier alpha value is -3.02. The highest BCUT2D eigenvalue weighted by Gasteiger charge is 2.27. The van der Waals surface area contributed by atoms with Gasteiger partial charge in [0.25, 0.3) is 0 Å². The minimum Gasteiger partial charge on any atom is -0.365 e. The van der Waals surface area contributed by atoms with Crippen molar-refractivity contribution in [2.24, 2.45) is 0 Å². The molecule has 1 N–H and O–H groups in total. The third-order valence-electron chi connectivity index (χ3n) is 5.14. The third kappa shape index (κ3) is 3.60. The SMILES string of the molecule is Cc1ccc(N2CCN(C(=O)NCc3noc4ccccc34)CC2C)cc1. The molecule has 4 rings (SSSR count). The molecule has 2 heterocycles. The van der Waals surface area contributed by atoms with Crippen LogP contribution < -0.4 is 10.2 Å². The number of anilines is 1. The van der Waals surface area contributed by atoms with Crippen LogP contribution in [0, 0.1) is 6.92 Å². The number of aryl methyl sites for hydroxylation is 1. The van der Waals surface area contributed by atoms with Gasteiger partial charge in [-0.25, -0.2) is 4.79 Å². The summed E-state index contributed by atoms with van der Waals surface area (Å²) in [6.45, 7) is 6.83. The quantitative estimate of drug-likeness (QED) is 0.772. The van der Waals surface area contributed by atoms with Gasteiger partial charge >= 0.3 is 6.03 Å². The maximum atomic E-state index is 12.6. The Morgan fingerprint density at radius 2 is 1.96 bits per heavy atom. The molecule has 0 bridgehead atoms. The summed E-state index contributed by atoms with van der Waals surface area (Å²) >= 11 is 0. The molecule has 1 aliphatic heterocycles. The van der Waals surface area contributed by atoms with E-state index < -0.39 is 0 Å². The first-order chi connectivity index (χ1) is 13.1. The molecule has 0 aliphatic carbocycles. The molecule has 1 aliphatic rings. The van der Waals surface area contributed by atoms with Crippen molar-refractivity contribution in [3.8, 4) is 0 Å². The number of urea groups is 1. The van der Waals surface area contributed by atoms with Gasteiger partial charge in [-0.15, -0.1) is 0 Å². The summed E-state index contributed by atoms with van der Waals surface area (Å²) in [6.07, 6.45) is 0. The molecule has 2 aromatic carbocycles. The van der Waals surface area contributed by atoms with Crippen LogP contribution in [0.4, 0.5) is 10.5 Å². The van der Waals surface area contributed by atoms with Gasteiger partial charge in [0.05, 0.1) is 6.54 Å². The lowest BCUT2D eigenvalue weighted by Gasteiger charge is -2.41. The number of hydrogen-bond acceptors (Lipinski definition) is 4. The number of nitrogens with one attached hydrogen (secondary N) is 1. The fraction of sp³-hybridized carbons (Fsp3) is 0.333. The van der Waals surface area contributed by atoms with Crippen molar-refractivity contribution >= 4 is 22.7 Å². The zero-order chi connectivity index (χ0) is 18.8. The van der Waals surface area contributed by atoms with E-state index in [9.17, 15) is 4.79 Å². The predicted molar refractivity (Wildman–Crippen MR) is 106 cm³/mol.